The van der Waals surface area contributed by atoms with Crippen LogP contribution in [0.25, 0.3) is 11.4 Å². The van der Waals surface area contributed by atoms with Crippen molar-refractivity contribution in [2.75, 3.05) is 5.73 Å². The van der Waals surface area contributed by atoms with Gasteiger partial charge in [0.15, 0.2) is 5.82 Å². The van der Waals surface area contributed by atoms with Crippen LogP contribution in [0.2, 0.25) is 0 Å². The number of rotatable bonds is 2. The summed E-state index contributed by atoms with van der Waals surface area (Å²) in [5.74, 6) is 1.26. The Morgan fingerprint density at radius 3 is 2.65 bits per heavy atom. The molecule has 0 aliphatic heterocycles. The smallest absolute Gasteiger partial charge is 0.162 e. The summed E-state index contributed by atoms with van der Waals surface area (Å²) in [6.07, 6.45) is 0.866. The number of hydrogen-bond donors (Lipinski definition) is 1. The summed E-state index contributed by atoms with van der Waals surface area (Å²) in [5, 5.41) is 0. The van der Waals surface area contributed by atoms with E-state index in [0.29, 0.717) is 5.82 Å². The van der Waals surface area contributed by atoms with E-state index in [0.717, 1.165) is 23.5 Å². The quantitative estimate of drug-likeness (QED) is 0.858. The van der Waals surface area contributed by atoms with Gasteiger partial charge in [0.1, 0.15) is 5.82 Å². The Hall–Kier alpha value is -1.90. The van der Waals surface area contributed by atoms with Gasteiger partial charge in [-0.1, -0.05) is 25.1 Å². The summed E-state index contributed by atoms with van der Waals surface area (Å²) < 4.78 is 0. The summed E-state index contributed by atoms with van der Waals surface area (Å²) in [7, 11) is 0. The van der Waals surface area contributed by atoms with Crippen molar-refractivity contribution in [2.45, 2.75) is 27.2 Å². The number of nitrogen functional groups attached to an aromatic ring is 1. The molecule has 0 saturated heterocycles. The van der Waals surface area contributed by atoms with Gasteiger partial charge >= 0.3 is 0 Å². The maximum absolute atomic E-state index is 5.81. The third-order valence-corrected chi connectivity index (χ3v) is 3.01. The van der Waals surface area contributed by atoms with Crippen molar-refractivity contribution in [3.05, 3.63) is 41.1 Å². The van der Waals surface area contributed by atoms with E-state index in [4.69, 9.17) is 5.73 Å². The van der Waals surface area contributed by atoms with Crippen molar-refractivity contribution < 1.29 is 0 Å². The highest BCUT2D eigenvalue weighted by molar-refractivity contribution is 5.63. The maximum Gasteiger partial charge on any atom is 0.162 e. The van der Waals surface area contributed by atoms with Crippen LogP contribution in [0.5, 0.6) is 0 Å². The van der Waals surface area contributed by atoms with Crippen LogP contribution in [0.1, 0.15) is 23.7 Å². The van der Waals surface area contributed by atoms with E-state index >= 15 is 0 Å². The second kappa shape index (κ2) is 4.53. The highest BCUT2D eigenvalue weighted by Gasteiger charge is 2.08. The molecule has 0 saturated carbocycles. The lowest BCUT2D eigenvalue weighted by molar-refractivity contribution is 1.01. The predicted octanol–water partition coefficient (Wildman–Crippen LogP) is 2.91. The second-order valence-electron chi connectivity index (χ2n) is 4.21. The fourth-order valence-corrected chi connectivity index (χ4v) is 1.81. The lowest BCUT2D eigenvalue weighted by atomic mass is 10.0. The number of aryl methyl sites for hydroxylation is 2. The fraction of sp³-hybridized carbons (Fsp3) is 0.286. The minimum atomic E-state index is 0.535. The highest BCUT2D eigenvalue weighted by atomic mass is 14.9. The van der Waals surface area contributed by atoms with Crippen LogP contribution in [0.4, 0.5) is 5.82 Å². The molecule has 0 radical (unpaired) electrons. The fourth-order valence-electron chi connectivity index (χ4n) is 1.81. The molecule has 0 amide bonds. The molecule has 0 spiro atoms. The monoisotopic (exact) mass is 227 g/mol. The molecule has 1 heterocycles. The van der Waals surface area contributed by atoms with E-state index in [1.165, 1.54) is 11.1 Å². The zero-order valence-electron chi connectivity index (χ0n) is 10.5. The van der Waals surface area contributed by atoms with Gasteiger partial charge < -0.3 is 5.73 Å². The van der Waals surface area contributed by atoms with Crippen molar-refractivity contribution in [3.63, 3.8) is 0 Å². The van der Waals surface area contributed by atoms with Crippen LogP contribution in [-0.2, 0) is 6.42 Å². The van der Waals surface area contributed by atoms with Gasteiger partial charge in [-0.2, -0.15) is 0 Å². The van der Waals surface area contributed by atoms with Gasteiger partial charge in [-0.15, -0.1) is 0 Å². The Balaban J connectivity index is 2.60. The molecule has 0 fully saturated rings. The second-order valence-corrected chi connectivity index (χ2v) is 4.21. The minimum absolute atomic E-state index is 0.535. The van der Waals surface area contributed by atoms with Gasteiger partial charge in [-0.3, -0.25) is 0 Å². The van der Waals surface area contributed by atoms with E-state index < -0.39 is 0 Å². The Bertz CT molecular complexity index is 547. The number of hydrogen-bond acceptors (Lipinski definition) is 3. The van der Waals surface area contributed by atoms with Crippen molar-refractivity contribution in [3.8, 4) is 11.4 Å². The number of benzene rings is 1. The predicted molar refractivity (Wildman–Crippen MR) is 70.7 cm³/mol. The van der Waals surface area contributed by atoms with Crippen molar-refractivity contribution in [1.82, 2.24) is 9.97 Å². The number of nitrogens with two attached hydrogens (primary N) is 1. The first kappa shape index (κ1) is 11.6. The standard InChI is InChI=1S/C14H17N3/c1-4-11-8-13(15)17-14(16-11)12-7-5-6-9(2)10(12)3/h5-8H,4H2,1-3H3,(H2,15,16,17). The van der Waals surface area contributed by atoms with E-state index in [-0.39, 0.29) is 0 Å². The van der Waals surface area contributed by atoms with Crippen LogP contribution in [-0.4, -0.2) is 9.97 Å². The molecule has 2 N–H and O–H groups in total. The van der Waals surface area contributed by atoms with E-state index in [1.54, 1.807) is 0 Å². The summed E-state index contributed by atoms with van der Waals surface area (Å²) >= 11 is 0. The maximum atomic E-state index is 5.81. The molecule has 3 heteroatoms. The van der Waals surface area contributed by atoms with Crippen LogP contribution < -0.4 is 5.73 Å². The lowest BCUT2D eigenvalue weighted by Crippen LogP contribution is -2.01. The van der Waals surface area contributed by atoms with Gasteiger partial charge in [0, 0.05) is 17.3 Å². The van der Waals surface area contributed by atoms with Crippen molar-refractivity contribution in [2.24, 2.45) is 0 Å². The first-order valence-corrected chi connectivity index (χ1v) is 5.82. The molecule has 3 nitrogen and oxygen atoms in total. The molecule has 0 bridgehead atoms. The van der Waals surface area contributed by atoms with Crippen LogP contribution >= 0.6 is 0 Å². The third kappa shape index (κ3) is 2.28. The first-order valence-electron chi connectivity index (χ1n) is 5.82. The van der Waals surface area contributed by atoms with Gasteiger partial charge in [-0.05, 0) is 31.4 Å². The van der Waals surface area contributed by atoms with E-state index in [1.807, 2.05) is 18.2 Å². The normalized spacial score (nSPS) is 10.5. The van der Waals surface area contributed by atoms with E-state index in [2.05, 4.69) is 36.8 Å². The summed E-state index contributed by atoms with van der Waals surface area (Å²) in [6.45, 7) is 6.24. The van der Waals surface area contributed by atoms with Crippen molar-refractivity contribution >= 4 is 5.82 Å². The van der Waals surface area contributed by atoms with Gasteiger partial charge in [-0.25, -0.2) is 9.97 Å². The largest absolute Gasteiger partial charge is 0.384 e. The first-order chi connectivity index (χ1) is 8.11. The zero-order valence-corrected chi connectivity index (χ0v) is 10.5. The molecule has 0 atom stereocenters. The van der Waals surface area contributed by atoms with Gasteiger partial charge in [0.25, 0.3) is 0 Å². The summed E-state index contributed by atoms with van der Waals surface area (Å²) in [6, 6.07) is 7.98. The molecule has 17 heavy (non-hydrogen) atoms. The lowest BCUT2D eigenvalue weighted by Gasteiger charge is -2.09. The Kier molecular flexibility index (Phi) is 3.09. The highest BCUT2D eigenvalue weighted by Crippen LogP contribution is 2.23. The Morgan fingerprint density at radius 1 is 1.18 bits per heavy atom. The molecular weight excluding hydrogens is 210 g/mol. The molecule has 2 aromatic rings. The number of aromatic nitrogens is 2. The zero-order chi connectivity index (χ0) is 12.4. The third-order valence-electron chi connectivity index (χ3n) is 3.01. The van der Waals surface area contributed by atoms with Crippen molar-refractivity contribution in [1.29, 1.82) is 0 Å². The molecule has 1 aromatic carbocycles. The van der Waals surface area contributed by atoms with Crippen LogP contribution in [0, 0.1) is 13.8 Å². The molecule has 0 aliphatic carbocycles. The molecule has 0 aliphatic rings. The Labute approximate surface area is 102 Å². The molecule has 1 aromatic heterocycles. The van der Waals surface area contributed by atoms with Gasteiger partial charge in [0.05, 0.1) is 0 Å². The minimum Gasteiger partial charge on any atom is -0.384 e. The van der Waals surface area contributed by atoms with Gasteiger partial charge in [0.2, 0.25) is 0 Å². The van der Waals surface area contributed by atoms with Crippen LogP contribution in [0.15, 0.2) is 24.3 Å². The Morgan fingerprint density at radius 2 is 1.94 bits per heavy atom. The SMILES string of the molecule is CCc1cc(N)nc(-c2cccc(C)c2C)n1. The molecular formula is C14H17N3. The summed E-state index contributed by atoms with van der Waals surface area (Å²) in [5.41, 5.74) is 10.3. The molecule has 88 valence electrons. The molecule has 2 rings (SSSR count). The van der Waals surface area contributed by atoms with Crippen LogP contribution in [0.3, 0.4) is 0 Å². The van der Waals surface area contributed by atoms with E-state index in [9.17, 15) is 0 Å². The average molecular weight is 227 g/mol. The topological polar surface area (TPSA) is 51.8 Å². The summed E-state index contributed by atoms with van der Waals surface area (Å²) in [4.78, 5) is 8.85. The number of nitrogens with zero attached hydrogens (tertiary/aromatic N) is 2. The average Bonchev–Trinajstić information content (AvgIpc) is 2.31. The molecule has 0 unspecified atom stereocenters. The number of anilines is 1.